The van der Waals surface area contributed by atoms with Crippen molar-refractivity contribution in [2.24, 2.45) is 0 Å². The Bertz CT molecular complexity index is 628. The number of nitrogens with zero attached hydrogens (tertiary/aromatic N) is 1. The lowest BCUT2D eigenvalue weighted by Crippen LogP contribution is -2.33. The highest BCUT2D eigenvalue weighted by atomic mass is 35.5. The molecule has 1 aromatic heterocycles. The van der Waals surface area contributed by atoms with Gasteiger partial charge in [-0.1, -0.05) is 23.7 Å². The monoisotopic (exact) mass is 278 g/mol. The minimum Gasteiger partial charge on any atom is -0.480 e. The van der Waals surface area contributed by atoms with Crippen molar-refractivity contribution < 1.29 is 9.90 Å². The van der Waals surface area contributed by atoms with E-state index >= 15 is 0 Å². The SMILES string of the molecule is Cc1ccc2cc(CN[C@@H](C)C(=O)O)c(Cl)nc2c1. The zero-order valence-electron chi connectivity index (χ0n) is 10.8. The molecule has 1 aromatic carbocycles. The summed E-state index contributed by atoms with van der Waals surface area (Å²) in [6.07, 6.45) is 0. The maximum atomic E-state index is 10.7. The third-order valence-electron chi connectivity index (χ3n) is 2.97. The molecule has 0 aliphatic rings. The Labute approximate surface area is 116 Å². The lowest BCUT2D eigenvalue weighted by atomic mass is 10.1. The first-order valence-corrected chi connectivity index (χ1v) is 6.37. The van der Waals surface area contributed by atoms with Gasteiger partial charge in [-0.05, 0) is 31.5 Å². The van der Waals surface area contributed by atoms with Gasteiger partial charge in [0.2, 0.25) is 0 Å². The predicted octanol–water partition coefficient (Wildman–Crippen LogP) is 2.76. The van der Waals surface area contributed by atoms with E-state index in [1.807, 2.05) is 31.2 Å². The van der Waals surface area contributed by atoms with E-state index in [0.717, 1.165) is 22.0 Å². The number of hydrogen-bond donors (Lipinski definition) is 2. The normalized spacial score (nSPS) is 12.6. The van der Waals surface area contributed by atoms with Crippen LogP contribution in [0.5, 0.6) is 0 Å². The molecule has 19 heavy (non-hydrogen) atoms. The summed E-state index contributed by atoms with van der Waals surface area (Å²) in [4.78, 5) is 15.1. The van der Waals surface area contributed by atoms with Gasteiger partial charge in [-0.3, -0.25) is 4.79 Å². The lowest BCUT2D eigenvalue weighted by molar-refractivity contribution is -0.139. The fourth-order valence-corrected chi connectivity index (χ4v) is 1.98. The van der Waals surface area contributed by atoms with Gasteiger partial charge in [-0.15, -0.1) is 0 Å². The number of aryl methyl sites for hydroxylation is 1. The van der Waals surface area contributed by atoms with Gasteiger partial charge in [0.05, 0.1) is 5.52 Å². The Kier molecular flexibility index (Phi) is 4.02. The molecule has 1 heterocycles. The van der Waals surface area contributed by atoms with E-state index in [2.05, 4.69) is 10.3 Å². The minimum absolute atomic E-state index is 0.378. The standard InChI is InChI=1S/C14H15ClN2O2/c1-8-3-4-10-6-11(7-16-9(2)14(18)19)13(15)17-12(10)5-8/h3-6,9,16H,7H2,1-2H3,(H,18,19)/t9-/m0/s1. The number of carboxylic acids is 1. The quantitative estimate of drug-likeness (QED) is 0.844. The first-order valence-electron chi connectivity index (χ1n) is 5.99. The van der Waals surface area contributed by atoms with Crippen LogP contribution < -0.4 is 5.32 Å². The highest BCUT2D eigenvalue weighted by molar-refractivity contribution is 6.30. The second-order valence-corrected chi connectivity index (χ2v) is 4.93. The number of aromatic nitrogens is 1. The number of fused-ring (bicyclic) bond motifs is 1. The molecule has 0 aliphatic carbocycles. The smallest absolute Gasteiger partial charge is 0.320 e. The Balaban J connectivity index is 2.26. The zero-order valence-corrected chi connectivity index (χ0v) is 11.5. The van der Waals surface area contributed by atoms with Gasteiger partial charge in [-0.2, -0.15) is 0 Å². The number of halogens is 1. The average Bonchev–Trinajstić information content (AvgIpc) is 2.35. The van der Waals surface area contributed by atoms with Gasteiger partial charge in [0.15, 0.2) is 0 Å². The van der Waals surface area contributed by atoms with Crippen molar-refractivity contribution in [1.82, 2.24) is 10.3 Å². The predicted molar refractivity (Wildman–Crippen MR) is 75.4 cm³/mol. The van der Waals surface area contributed by atoms with Gasteiger partial charge < -0.3 is 10.4 Å². The molecule has 0 saturated heterocycles. The van der Waals surface area contributed by atoms with Crippen LogP contribution in [0.2, 0.25) is 5.15 Å². The van der Waals surface area contributed by atoms with E-state index in [1.54, 1.807) is 6.92 Å². The first kappa shape index (κ1) is 13.8. The Morgan fingerprint density at radius 3 is 2.89 bits per heavy atom. The molecular weight excluding hydrogens is 264 g/mol. The number of rotatable bonds is 4. The van der Waals surface area contributed by atoms with Crippen LogP contribution in [0, 0.1) is 6.92 Å². The average molecular weight is 279 g/mol. The van der Waals surface area contributed by atoms with Crippen molar-refractivity contribution in [2.75, 3.05) is 0 Å². The molecule has 0 amide bonds. The number of carbonyl (C=O) groups is 1. The molecule has 2 rings (SSSR count). The van der Waals surface area contributed by atoms with Crippen molar-refractivity contribution in [3.63, 3.8) is 0 Å². The zero-order chi connectivity index (χ0) is 14.0. The van der Waals surface area contributed by atoms with Crippen LogP contribution >= 0.6 is 11.6 Å². The molecule has 0 unspecified atom stereocenters. The van der Waals surface area contributed by atoms with Crippen molar-refractivity contribution in [3.05, 3.63) is 40.5 Å². The molecule has 1 atom stereocenters. The number of pyridine rings is 1. The molecule has 0 aliphatic heterocycles. The Morgan fingerprint density at radius 2 is 2.21 bits per heavy atom. The molecule has 4 nitrogen and oxygen atoms in total. The van der Waals surface area contributed by atoms with Crippen molar-refractivity contribution in [3.8, 4) is 0 Å². The molecule has 0 spiro atoms. The Hall–Kier alpha value is -1.65. The summed E-state index contributed by atoms with van der Waals surface area (Å²) >= 11 is 6.12. The summed E-state index contributed by atoms with van der Waals surface area (Å²) in [6, 6.07) is 7.28. The number of nitrogens with one attached hydrogen (secondary N) is 1. The van der Waals surface area contributed by atoms with Crippen molar-refractivity contribution in [2.45, 2.75) is 26.4 Å². The van der Waals surface area contributed by atoms with Crippen LogP contribution in [0.4, 0.5) is 0 Å². The van der Waals surface area contributed by atoms with Crippen LogP contribution in [-0.4, -0.2) is 22.1 Å². The maximum absolute atomic E-state index is 10.7. The number of carboxylic acid groups (broad SMARTS) is 1. The molecule has 2 aromatic rings. The molecule has 5 heteroatoms. The maximum Gasteiger partial charge on any atom is 0.320 e. The highest BCUT2D eigenvalue weighted by Crippen LogP contribution is 2.21. The van der Waals surface area contributed by atoms with Gasteiger partial charge in [0.1, 0.15) is 11.2 Å². The van der Waals surface area contributed by atoms with Crippen molar-refractivity contribution in [1.29, 1.82) is 0 Å². The second kappa shape index (κ2) is 5.55. The number of benzene rings is 1. The van der Waals surface area contributed by atoms with E-state index in [4.69, 9.17) is 16.7 Å². The summed E-state index contributed by atoms with van der Waals surface area (Å²) in [5, 5.41) is 13.1. The van der Waals surface area contributed by atoms with E-state index in [1.165, 1.54) is 0 Å². The summed E-state index contributed by atoms with van der Waals surface area (Å²) in [7, 11) is 0. The highest BCUT2D eigenvalue weighted by Gasteiger charge is 2.11. The molecule has 100 valence electrons. The van der Waals surface area contributed by atoms with Gasteiger partial charge in [0.25, 0.3) is 0 Å². The lowest BCUT2D eigenvalue weighted by Gasteiger charge is -2.11. The summed E-state index contributed by atoms with van der Waals surface area (Å²) in [5.41, 5.74) is 2.77. The van der Waals surface area contributed by atoms with E-state index in [0.29, 0.717) is 11.7 Å². The second-order valence-electron chi connectivity index (χ2n) is 4.58. The van der Waals surface area contributed by atoms with E-state index < -0.39 is 12.0 Å². The van der Waals surface area contributed by atoms with Crippen LogP contribution in [0.25, 0.3) is 10.9 Å². The molecule has 2 N–H and O–H groups in total. The van der Waals surface area contributed by atoms with Crippen LogP contribution in [-0.2, 0) is 11.3 Å². The van der Waals surface area contributed by atoms with Gasteiger partial charge >= 0.3 is 5.97 Å². The van der Waals surface area contributed by atoms with E-state index in [9.17, 15) is 4.79 Å². The number of aliphatic carboxylic acids is 1. The molecule has 0 fully saturated rings. The summed E-state index contributed by atoms with van der Waals surface area (Å²) in [6.45, 7) is 3.97. The van der Waals surface area contributed by atoms with Crippen LogP contribution in [0.15, 0.2) is 24.3 Å². The van der Waals surface area contributed by atoms with Crippen LogP contribution in [0.1, 0.15) is 18.1 Å². The van der Waals surface area contributed by atoms with Gasteiger partial charge in [0, 0.05) is 17.5 Å². The molecule has 0 radical (unpaired) electrons. The Morgan fingerprint density at radius 1 is 1.47 bits per heavy atom. The fraction of sp³-hybridized carbons (Fsp3) is 0.286. The topological polar surface area (TPSA) is 62.2 Å². The van der Waals surface area contributed by atoms with Crippen LogP contribution in [0.3, 0.4) is 0 Å². The molecule has 0 bridgehead atoms. The minimum atomic E-state index is -0.888. The molecule has 0 saturated carbocycles. The molecular formula is C14H15ClN2O2. The summed E-state index contributed by atoms with van der Waals surface area (Å²) in [5.74, 6) is -0.888. The van der Waals surface area contributed by atoms with Gasteiger partial charge in [-0.25, -0.2) is 4.98 Å². The first-order chi connectivity index (χ1) is 8.97. The number of hydrogen-bond acceptors (Lipinski definition) is 3. The fourth-order valence-electron chi connectivity index (χ4n) is 1.77. The van der Waals surface area contributed by atoms with Crippen molar-refractivity contribution >= 4 is 28.5 Å². The van der Waals surface area contributed by atoms with E-state index in [-0.39, 0.29) is 0 Å². The largest absolute Gasteiger partial charge is 0.480 e. The third-order valence-corrected chi connectivity index (χ3v) is 3.30. The third kappa shape index (κ3) is 3.22. The summed E-state index contributed by atoms with van der Waals surface area (Å²) < 4.78 is 0.